The van der Waals surface area contributed by atoms with Gasteiger partial charge in [-0.3, -0.25) is 0 Å². The molecule has 3 heterocycles. The van der Waals surface area contributed by atoms with Crippen LogP contribution in [0.25, 0.3) is 0 Å². The van der Waals surface area contributed by atoms with Crippen LogP contribution >= 0.6 is 0 Å². The molecule has 10 heteroatoms. The molecule has 0 aromatic carbocycles. The van der Waals surface area contributed by atoms with E-state index >= 15 is 0 Å². The van der Waals surface area contributed by atoms with Gasteiger partial charge in [-0.2, -0.15) is 0 Å². The van der Waals surface area contributed by atoms with Crippen molar-refractivity contribution in [3.63, 3.8) is 0 Å². The Morgan fingerprint density at radius 1 is 0.500 bits per heavy atom. The van der Waals surface area contributed by atoms with Crippen LogP contribution in [0.2, 0.25) is 11.2 Å². The van der Waals surface area contributed by atoms with E-state index in [-0.39, 0.29) is 0 Å². The molecule has 0 spiro atoms. The SMILES string of the molecule is B1BBBBC2BC(BBB1)B2. The first-order valence-corrected chi connectivity index (χ1v) is 5.95. The van der Waals surface area contributed by atoms with Crippen LogP contribution in [0, 0.1) is 0 Å². The topological polar surface area (TPSA) is 0 Å². The highest BCUT2D eigenvalue weighted by molar-refractivity contribution is 7.66. The molecule has 0 saturated carbocycles. The first-order valence-electron chi connectivity index (χ1n) is 5.95. The van der Waals surface area contributed by atoms with Crippen LogP contribution in [0.5, 0.6) is 0 Å². The van der Waals surface area contributed by atoms with E-state index in [1.807, 2.05) is 0 Å². The molecule has 0 aromatic rings. The number of hydrogen-bond acceptors (Lipinski definition) is 0. The minimum Gasteiger partial charge on any atom is -0.122 e. The molecule has 0 aliphatic carbocycles. The molecule has 0 aromatic heterocycles. The highest BCUT2D eigenvalue weighted by Crippen LogP contribution is 2.23. The summed E-state index contributed by atoms with van der Waals surface area (Å²) in [6.45, 7) is 0. The fourth-order valence-electron chi connectivity index (χ4n) is 2.92. The normalized spacial score (nSPS) is 31.3. The molecule has 12 heavy (non-hydrogen) atoms. The summed E-state index contributed by atoms with van der Waals surface area (Å²) in [6, 6.07) is 0. The van der Waals surface area contributed by atoms with Gasteiger partial charge < -0.3 is 0 Å². The maximum Gasteiger partial charge on any atom is 0.0945 e. The van der Waals surface area contributed by atoms with Crippen molar-refractivity contribution in [1.29, 1.82) is 0 Å². The summed E-state index contributed by atoms with van der Waals surface area (Å²) in [5.74, 6) is 0. The van der Waals surface area contributed by atoms with Gasteiger partial charge in [0.05, 0.1) is 28.9 Å². The molecule has 0 atom stereocenters. The molecule has 0 amide bonds. The lowest BCUT2D eigenvalue weighted by Crippen LogP contribution is -2.44. The molecular formula is C2H12B10. The molecule has 3 saturated heterocycles. The first kappa shape index (κ1) is 9.21. The maximum atomic E-state index is 1.58. The molecule has 0 nitrogen and oxygen atoms in total. The summed E-state index contributed by atoms with van der Waals surface area (Å²) >= 11 is 0. The van der Waals surface area contributed by atoms with E-state index in [9.17, 15) is 0 Å². The molecule has 3 aliphatic rings. The largest absolute Gasteiger partial charge is 0.122 e. The zero-order chi connectivity index (χ0) is 8.23. The molecule has 50 valence electrons. The van der Waals surface area contributed by atoms with Crippen molar-refractivity contribution < 1.29 is 0 Å². The Bertz CT molecular complexity index is 110. The van der Waals surface area contributed by atoms with E-state index in [4.69, 9.17) is 0 Å². The highest BCUT2D eigenvalue weighted by atomic mass is 13.8. The Kier molecular flexibility index (Phi) is 3.66. The quantitative estimate of drug-likeness (QED) is 0.297. The third kappa shape index (κ3) is 2.57. The third-order valence-electron chi connectivity index (χ3n) is 3.81. The van der Waals surface area contributed by atoms with Gasteiger partial charge in [-0.05, 0) is 0 Å². The van der Waals surface area contributed by atoms with Crippen LogP contribution in [0.15, 0.2) is 0 Å². The minimum absolute atomic E-state index is 1.15. The van der Waals surface area contributed by atoms with Gasteiger partial charge in [0.25, 0.3) is 0 Å². The average molecular weight is 144 g/mol. The maximum absolute atomic E-state index is 1.58. The fourth-order valence-corrected chi connectivity index (χ4v) is 2.92. The monoisotopic (exact) mass is 146 g/mol. The van der Waals surface area contributed by atoms with Gasteiger partial charge in [0.1, 0.15) is 0 Å². The molecule has 0 radical (unpaired) electrons. The average Bonchev–Trinajstić information content (AvgIpc) is 2.07. The highest BCUT2D eigenvalue weighted by Gasteiger charge is 2.31. The van der Waals surface area contributed by atoms with E-state index in [1.54, 1.807) is 28.9 Å². The van der Waals surface area contributed by atoms with Crippen molar-refractivity contribution in [1.82, 2.24) is 0 Å². The Balaban J connectivity index is 1.73. The van der Waals surface area contributed by atoms with E-state index in [0.29, 0.717) is 0 Å². The predicted octanol–water partition coefficient (Wildman–Crippen LogP) is -5.81. The molecule has 0 unspecified atom stereocenters. The van der Waals surface area contributed by atoms with Gasteiger partial charge >= 0.3 is 0 Å². The first-order chi connectivity index (χ1) is 5.95. The molecule has 3 rings (SSSR count). The molecule has 2 bridgehead atoms. The van der Waals surface area contributed by atoms with Crippen LogP contribution in [-0.4, -0.2) is 71.3 Å². The predicted molar refractivity (Wildman–Crippen MR) is 79.0 cm³/mol. The molecular weight excluding hydrogens is 132 g/mol. The summed E-state index contributed by atoms with van der Waals surface area (Å²) in [5.41, 5.74) is 2.29. The second-order valence-corrected chi connectivity index (χ2v) is 4.90. The van der Waals surface area contributed by atoms with Crippen molar-refractivity contribution in [3.8, 4) is 0 Å². The van der Waals surface area contributed by atoms with Crippen molar-refractivity contribution in [3.05, 3.63) is 0 Å². The zero-order valence-electron chi connectivity index (χ0n) is 8.23. The number of hydrogen-bond donors (Lipinski definition) is 0. The van der Waals surface area contributed by atoms with Crippen LogP contribution in [0.4, 0.5) is 0 Å². The van der Waals surface area contributed by atoms with Gasteiger partial charge in [-0.25, -0.2) is 0 Å². The molecule has 3 aliphatic heterocycles. The van der Waals surface area contributed by atoms with E-state index in [2.05, 4.69) is 0 Å². The van der Waals surface area contributed by atoms with Crippen LogP contribution in [0.3, 0.4) is 0 Å². The van der Waals surface area contributed by atoms with Gasteiger partial charge in [-0.15, -0.1) is 11.2 Å². The van der Waals surface area contributed by atoms with Crippen LogP contribution in [-0.2, 0) is 0 Å². The lowest BCUT2D eigenvalue weighted by atomic mass is 8.91. The summed E-state index contributed by atoms with van der Waals surface area (Å²) in [6.07, 6.45) is 0. The lowest BCUT2D eigenvalue weighted by molar-refractivity contribution is 1.50. The summed E-state index contributed by atoms with van der Waals surface area (Å²) in [7, 11) is 15.4. The van der Waals surface area contributed by atoms with Crippen molar-refractivity contribution >= 4 is 71.3 Å². The van der Waals surface area contributed by atoms with Crippen molar-refractivity contribution in [2.24, 2.45) is 0 Å². The zero-order valence-corrected chi connectivity index (χ0v) is 8.23. The summed E-state index contributed by atoms with van der Waals surface area (Å²) < 4.78 is 0. The van der Waals surface area contributed by atoms with Crippen LogP contribution in [0.1, 0.15) is 0 Å². The lowest BCUT2D eigenvalue weighted by Gasteiger charge is -2.32. The smallest absolute Gasteiger partial charge is 0.0945 e. The summed E-state index contributed by atoms with van der Waals surface area (Å²) in [5, 5.41) is 0. The van der Waals surface area contributed by atoms with Gasteiger partial charge in [0, 0.05) is 42.4 Å². The minimum atomic E-state index is 1.15. The Morgan fingerprint density at radius 2 is 0.917 bits per heavy atom. The van der Waals surface area contributed by atoms with Gasteiger partial charge in [-0.1, -0.05) is 0 Å². The van der Waals surface area contributed by atoms with Crippen molar-refractivity contribution in [2.45, 2.75) is 11.2 Å². The molecule has 3 fully saturated rings. The summed E-state index contributed by atoms with van der Waals surface area (Å²) in [4.78, 5) is 0. The fraction of sp³-hybridized carbons (Fsp3) is 1.00. The third-order valence-corrected chi connectivity index (χ3v) is 3.81. The number of fused-ring (bicyclic) bond motifs is 7. The second-order valence-electron chi connectivity index (χ2n) is 4.90. The Labute approximate surface area is 82.8 Å². The second kappa shape index (κ2) is 4.77. The number of rotatable bonds is 0. The van der Waals surface area contributed by atoms with Gasteiger partial charge in [0.2, 0.25) is 0 Å². The van der Waals surface area contributed by atoms with E-state index < -0.39 is 0 Å². The Hall–Kier alpha value is 0.649. The van der Waals surface area contributed by atoms with E-state index in [0.717, 1.165) is 11.2 Å². The standard InChI is InChI=1S/C2H12B10/c3-1-4-2(3)6-8-10-12-11-9-7-5-1/h1-12H. The Morgan fingerprint density at radius 3 is 1.42 bits per heavy atom. The van der Waals surface area contributed by atoms with Crippen molar-refractivity contribution in [2.75, 3.05) is 0 Å². The van der Waals surface area contributed by atoms with Gasteiger partial charge in [0.15, 0.2) is 0 Å². The molecule has 0 N–H and O–H groups in total. The van der Waals surface area contributed by atoms with E-state index in [1.165, 1.54) is 42.4 Å². The van der Waals surface area contributed by atoms with Crippen LogP contribution < -0.4 is 0 Å².